The van der Waals surface area contributed by atoms with Crippen LogP contribution >= 0.6 is 0 Å². The second-order valence-corrected chi connectivity index (χ2v) is 6.03. The first kappa shape index (κ1) is 22.1. The van der Waals surface area contributed by atoms with Crippen molar-refractivity contribution in [2.24, 2.45) is 0 Å². The molecule has 0 spiro atoms. The molecule has 2 aromatic carbocycles. The topological polar surface area (TPSA) is 0 Å². The number of hydrogen-bond acceptors (Lipinski definition) is 0. The van der Waals surface area contributed by atoms with E-state index in [1.165, 1.54) is 22.3 Å². The van der Waals surface area contributed by atoms with Gasteiger partial charge in [0.05, 0.1) is 0 Å². The Kier molecular flexibility index (Phi) is 15.2. The second kappa shape index (κ2) is 13.8. The first-order valence-corrected chi connectivity index (χ1v) is 9.56. The van der Waals surface area contributed by atoms with Crippen LogP contribution in [0.1, 0.15) is 36.1 Å². The van der Waals surface area contributed by atoms with Crippen LogP contribution in [0.15, 0.2) is 36.4 Å². The molecule has 0 aliphatic rings. The maximum Gasteiger partial charge on any atom is 2.00 e. The average Bonchev–Trinajstić information content (AvgIpc) is 2.99. The van der Waals surface area contributed by atoms with Crippen molar-refractivity contribution in [3.63, 3.8) is 0 Å². The van der Waals surface area contributed by atoms with Crippen LogP contribution in [-0.4, -0.2) is 9.52 Å². The number of hydrogen-bond donors (Lipinski definition) is 0. The molecule has 0 nitrogen and oxygen atoms in total. The van der Waals surface area contributed by atoms with Crippen LogP contribution in [-0.2, 0) is 39.0 Å². The van der Waals surface area contributed by atoms with Crippen LogP contribution in [0.2, 0.25) is 13.1 Å². The number of aryl methyl sites for hydroxylation is 4. The van der Waals surface area contributed by atoms with Crippen molar-refractivity contribution < 1.29 is 26.2 Å². The zero-order valence-corrected chi connectivity index (χ0v) is 17.6. The van der Waals surface area contributed by atoms with Gasteiger partial charge in [-0.15, -0.1) is 0 Å². The molecule has 0 heterocycles. The van der Waals surface area contributed by atoms with Gasteiger partial charge in [0.25, 0.3) is 0 Å². The summed E-state index contributed by atoms with van der Waals surface area (Å²) < 4.78 is 0. The van der Waals surface area contributed by atoms with E-state index in [9.17, 15) is 0 Å². The summed E-state index contributed by atoms with van der Waals surface area (Å²) >= 11 is 0. The van der Waals surface area contributed by atoms with Gasteiger partial charge in [-0.25, -0.2) is 12.1 Å². The zero-order chi connectivity index (χ0) is 14.7. The van der Waals surface area contributed by atoms with E-state index in [-0.39, 0.29) is 26.2 Å². The van der Waals surface area contributed by atoms with E-state index in [0.717, 1.165) is 22.4 Å². The maximum absolute atomic E-state index is 2.22. The van der Waals surface area contributed by atoms with E-state index in [1.54, 1.807) is 0 Å². The van der Waals surface area contributed by atoms with Crippen molar-refractivity contribution in [2.45, 2.75) is 53.6 Å². The van der Waals surface area contributed by atoms with Crippen molar-refractivity contribution in [3.05, 3.63) is 58.7 Å². The van der Waals surface area contributed by atoms with E-state index in [0.29, 0.717) is 0 Å². The Labute approximate surface area is 147 Å². The summed E-state index contributed by atoms with van der Waals surface area (Å²) in [6.45, 7) is 13.0. The summed E-state index contributed by atoms with van der Waals surface area (Å²) in [5, 5.41) is 0. The molecule has 2 aromatic rings. The fourth-order valence-electron chi connectivity index (χ4n) is 1.69. The van der Waals surface area contributed by atoms with E-state index in [2.05, 4.69) is 77.2 Å². The minimum atomic E-state index is 0. The first-order chi connectivity index (χ1) is 9.07. The molecule has 0 unspecified atom stereocenters. The largest absolute Gasteiger partial charge is 2.00 e. The van der Waals surface area contributed by atoms with Crippen molar-refractivity contribution in [1.29, 1.82) is 0 Å². The third-order valence-electron chi connectivity index (χ3n) is 2.76. The molecule has 2 heteroatoms. The monoisotopic (exact) mass is 363 g/mol. The van der Waals surface area contributed by atoms with Gasteiger partial charge in [-0.1, -0.05) is 53.6 Å². The van der Waals surface area contributed by atoms with Crippen molar-refractivity contribution in [1.82, 2.24) is 0 Å². The van der Waals surface area contributed by atoms with Crippen LogP contribution in [0, 0.1) is 13.8 Å². The molecule has 0 bridgehead atoms. The van der Waals surface area contributed by atoms with Gasteiger partial charge in [-0.05, 0) is 0 Å². The van der Waals surface area contributed by atoms with Crippen LogP contribution in [0.25, 0.3) is 0 Å². The quantitative estimate of drug-likeness (QED) is 0.515. The molecule has 0 fully saturated rings. The van der Waals surface area contributed by atoms with Gasteiger partial charge < -0.3 is 0 Å². The molecule has 0 saturated heterocycles. The molecule has 1 radical (unpaired) electrons. The Morgan fingerprint density at radius 2 is 1.15 bits per heavy atom. The van der Waals surface area contributed by atoms with Gasteiger partial charge in [0.2, 0.25) is 0 Å². The van der Waals surface area contributed by atoms with E-state index in [1.807, 2.05) is 0 Å². The molecule has 0 aliphatic carbocycles. The fraction of sp³-hybridized carbons (Fsp3) is 0.444. The summed E-state index contributed by atoms with van der Waals surface area (Å²) in [4.78, 5) is 0. The van der Waals surface area contributed by atoms with Gasteiger partial charge in [-0.2, -0.15) is 46.5 Å². The van der Waals surface area contributed by atoms with Crippen LogP contribution < -0.4 is 0 Å². The Morgan fingerprint density at radius 1 is 0.850 bits per heavy atom. The molecule has 0 saturated carbocycles. The zero-order valence-electron chi connectivity index (χ0n) is 14.0. The van der Waals surface area contributed by atoms with E-state index < -0.39 is 0 Å². The molecule has 2 rings (SSSR count). The van der Waals surface area contributed by atoms with Crippen molar-refractivity contribution in [3.8, 4) is 0 Å². The third kappa shape index (κ3) is 10.6. The van der Waals surface area contributed by atoms with E-state index in [4.69, 9.17) is 0 Å². The minimum Gasteiger partial charge on any atom is -0.210 e. The normalized spacial score (nSPS) is 8.70. The molecule has 0 amide bonds. The summed E-state index contributed by atoms with van der Waals surface area (Å²) in [6.07, 6.45) is 2.32. The Hall–Kier alpha value is -0.200. The van der Waals surface area contributed by atoms with Gasteiger partial charge in [0, 0.05) is 9.52 Å². The molecule has 0 atom stereocenters. The molecule has 0 N–H and O–H groups in total. The SMILES string of the molecule is CCc1cc[c-](C)c1.CCc1cc[c-](C)c1.C[SiH]C.[Zr+2]. The summed E-state index contributed by atoms with van der Waals surface area (Å²) in [5.41, 5.74) is 5.65. The van der Waals surface area contributed by atoms with Gasteiger partial charge in [0.15, 0.2) is 0 Å². The van der Waals surface area contributed by atoms with E-state index >= 15 is 0 Å². The molecule has 109 valence electrons. The molecular formula is C18H29SiZr. The van der Waals surface area contributed by atoms with Crippen molar-refractivity contribution in [2.75, 3.05) is 0 Å². The smallest absolute Gasteiger partial charge is 0.210 e. The molecule has 0 aliphatic heterocycles. The number of rotatable bonds is 2. The summed E-state index contributed by atoms with van der Waals surface area (Å²) in [7, 11) is 0.750. The fourth-order valence-corrected chi connectivity index (χ4v) is 1.69. The van der Waals surface area contributed by atoms with Crippen LogP contribution in [0.3, 0.4) is 0 Å². The Balaban J connectivity index is 0. The van der Waals surface area contributed by atoms with Crippen molar-refractivity contribution >= 4 is 9.52 Å². The summed E-state index contributed by atoms with van der Waals surface area (Å²) in [5.74, 6) is 0. The van der Waals surface area contributed by atoms with Gasteiger partial charge in [0.1, 0.15) is 0 Å². The standard InChI is InChI=1S/2C8H11.C2H7Si.Zr/c2*1-3-8-5-4-7(2)6-8;1-3-2;/h2*4-6H,3H2,1-2H3;3H,1-2H3;/q2*-1;;+2. The van der Waals surface area contributed by atoms with Gasteiger partial charge >= 0.3 is 26.2 Å². The predicted molar refractivity (Wildman–Crippen MR) is 91.2 cm³/mol. The second-order valence-electron chi connectivity index (χ2n) is 4.88. The Morgan fingerprint density at radius 3 is 1.25 bits per heavy atom. The average molecular weight is 365 g/mol. The summed E-state index contributed by atoms with van der Waals surface area (Å²) in [6, 6.07) is 13.1. The van der Waals surface area contributed by atoms with Gasteiger partial charge in [-0.3, -0.25) is 0 Å². The third-order valence-corrected chi connectivity index (χ3v) is 2.76. The molecular weight excluding hydrogens is 336 g/mol. The molecule has 0 aromatic heterocycles. The molecule has 20 heavy (non-hydrogen) atoms. The minimum absolute atomic E-state index is 0. The first-order valence-electron chi connectivity index (χ1n) is 7.25. The maximum atomic E-state index is 2.22. The predicted octanol–water partition coefficient (Wildman–Crippen LogP) is 5.07. The van der Waals surface area contributed by atoms with Crippen LogP contribution in [0.4, 0.5) is 0 Å². The Bertz CT molecular complexity index is 386. The van der Waals surface area contributed by atoms with Crippen LogP contribution in [0.5, 0.6) is 0 Å².